The van der Waals surface area contributed by atoms with Gasteiger partial charge in [-0.25, -0.2) is 4.39 Å². The molecule has 0 amide bonds. The van der Waals surface area contributed by atoms with Crippen LogP contribution >= 0.6 is 15.9 Å². The summed E-state index contributed by atoms with van der Waals surface area (Å²) in [7, 11) is 1.51. The molecule has 0 aliphatic rings. The molecule has 0 saturated heterocycles. The van der Waals surface area contributed by atoms with Gasteiger partial charge in [0.05, 0.1) is 19.2 Å². The quantitative estimate of drug-likeness (QED) is 0.414. The number of hydrogen-bond acceptors (Lipinski definition) is 2. The van der Waals surface area contributed by atoms with Gasteiger partial charge in [0.25, 0.3) is 5.56 Å². The molecule has 0 aliphatic heterocycles. The van der Waals surface area contributed by atoms with Crippen molar-refractivity contribution in [3.05, 3.63) is 99.0 Å². The van der Waals surface area contributed by atoms with Gasteiger partial charge in [-0.1, -0.05) is 58.4 Å². The van der Waals surface area contributed by atoms with E-state index in [0.29, 0.717) is 12.3 Å². The molecule has 4 aromatic rings. The van der Waals surface area contributed by atoms with Gasteiger partial charge in [-0.2, -0.15) is 0 Å². The minimum Gasteiger partial charge on any atom is -0.491 e. The van der Waals surface area contributed by atoms with E-state index in [1.54, 1.807) is 16.7 Å². The Labute approximate surface area is 170 Å². The second kappa shape index (κ2) is 7.60. The highest BCUT2D eigenvalue weighted by Crippen LogP contribution is 2.35. The van der Waals surface area contributed by atoms with Crippen LogP contribution in [-0.4, -0.2) is 11.7 Å². The first-order chi connectivity index (χ1) is 13.6. The highest BCUT2D eigenvalue weighted by molar-refractivity contribution is 9.10. The molecular weight excluding hydrogens is 421 g/mol. The van der Waals surface area contributed by atoms with Crippen molar-refractivity contribution < 1.29 is 9.13 Å². The molecule has 0 fully saturated rings. The third-order valence-corrected chi connectivity index (χ3v) is 5.25. The van der Waals surface area contributed by atoms with Crippen molar-refractivity contribution in [2.45, 2.75) is 6.54 Å². The summed E-state index contributed by atoms with van der Waals surface area (Å²) in [4.78, 5) is 13.3. The van der Waals surface area contributed by atoms with Crippen molar-refractivity contribution in [1.29, 1.82) is 0 Å². The second-order valence-corrected chi connectivity index (χ2v) is 7.37. The van der Waals surface area contributed by atoms with Crippen LogP contribution in [0, 0.1) is 5.82 Å². The van der Waals surface area contributed by atoms with Crippen molar-refractivity contribution in [3.63, 3.8) is 0 Å². The van der Waals surface area contributed by atoms with Crippen molar-refractivity contribution in [2.24, 2.45) is 0 Å². The molecule has 0 bridgehead atoms. The van der Waals surface area contributed by atoms with Crippen LogP contribution in [0.25, 0.3) is 22.0 Å². The summed E-state index contributed by atoms with van der Waals surface area (Å²) >= 11 is 3.45. The lowest BCUT2D eigenvalue weighted by atomic mass is 9.99. The molecule has 3 aromatic carbocycles. The Morgan fingerprint density at radius 3 is 2.32 bits per heavy atom. The molecule has 28 heavy (non-hydrogen) atoms. The monoisotopic (exact) mass is 437 g/mol. The van der Waals surface area contributed by atoms with Gasteiger partial charge in [0.2, 0.25) is 0 Å². The van der Waals surface area contributed by atoms with Crippen molar-refractivity contribution in [2.75, 3.05) is 7.11 Å². The Bertz CT molecular complexity index is 1200. The van der Waals surface area contributed by atoms with Crippen LogP contribution in [0.4, 0.5) is 4.39 Å². The molecule has 0 aliphatic carbocycles. The molecule has 0 radical (unpaired) electrons. The van der Waals surface area contributed by atoms with Crippen molar-refractivity contribution in [1.82, 2.24) is 4.57 Å². The summed E-state index contributed by atoms with van der Waals surface area (Å²) in [5, 5.41) is 0.920. The first-order valence-corrected chi connectivity index (χ1v) is 9.57. The lowest BCUT2D eigenvalue weighted by Crippen LogP contribution is -2.23. The van der Waals surface area contributed by atoms with Crippen molar-refractivity contribution >= 4 is 26.8 Å². The largest absolute Gasteiger partial charge is 0.491 e. The number of pyridine rings is 1. The summed E-state index contributed by atoms with van der Waals surface area (Å²) < 4.78 is 21.4. The molecule has 0 N–H and O–H groups in total. The number of ether oxygens (including phenoxy) is 1. The minimum atomic E-state index is -0.302. The molecular formula is C23H17BrFNO2. The standard InChI is InChI=1S/C23H17BrFNO2/c1-28-22-21(16-8-10-17(24)11-9-16)19-4-2-3-5-20(19)26(23(22)27)14-15-6-12-18(25)13-7-15/h2-13H,14H2,1H3. The maximum absolute atomic E-state index is 13.3. The summed E-state index contributed by atoms with van der Waals surface area (Å²) in [6, 6.07) is 21.7. The summed E-state index contributed by atoms with van der Waals surface area (Å²) in [6.45, 7) is 0.330. The van der Waals surface area contributed by atoms with E-state index in [9.17, 15) is 9.18 Å². The molecule has 3 nitrogen and oxygen atoms in total. The van der Waals surface area contributed by atoms with E-state index in [0.717, 1.165) is 32.1 Å². The maximum atomic E-state index is 13.3. The molecule has 5 heteroatoms. The number of hydrogen-bond donors (Lipinski definition) is 0. The van der Waals surface area contributed by atoms with Crippen LogP contribution in [0.2, 0.25) is 0 Å². The summed E-state index contributed by atoms with van der Waals surface area (Å²) in [6.07, 6.45) is 0. The molecule has 0 saturated carbocycles. The zero-order valence-corrected chi connectivity index (χ0v) is 16.7. The third kappa shape index (κ3) is 3.34. The van der Waals surface area contributed by atoms with Crippen LogP contribution in [0.15, 0.2) is 82.1 Å². The zero-order valence-electron chi connectivity index (χ0n) is 15.2. The lowest BCUT2D eigenvalue weighted by molar-refractivity contribution is 0.407. The van der Waals surface area contributed by atoms with Crippen LogP contribution < -0.4 is 10.3 Å². The summed E-state index contributed by atoms with van der Waals surface area (Å²) in [5.74, 6) is -0.00717. The number of nitrogens with zero attached hydrogens (tertiary/aromatic N) is 1. The zero-order chi connectivity index (χ0) is 19.7. The molecule has 0 atom stereocenters. The van der Waals surface area contributed by atoms with Gasteiger partial charge < -0.3 is 9.30 Å². The van der Waals surface area contributed by atoms with Gasteiger partial charge in [0, 0.05) is 15.4 Å². The molecule has 0 spiro atoms. The Morgan fingerprint density at radius 2 is 1.64 bits per heavy atom. The predicted octanol–water partition coefficient (Wildman–Crippen LogP) is 5.63. The first-order valence-electron chi connectivity index (χ1n) is 8.78. The average Bonchev–Trinajstić information content (AvgIpc) is 2.72. The van der Waals surface area contributed by atoms with E-state index < -0.39 is 0 Å². The molecule has 4 rings (SSSR count). The number of halogens is 2. The van der Waals surface area contributed by atoms with Gasteiger partial charge >= 0.3 is 0 Å². The maximum Gasteiger partial charge on any atom is 0.294 e. The van der Waals surface area contributed by atoms with Crippen LogP contribution in [0.3, 0.4) is 0 Å². The molecule has 0 unspecified atom stereocenters. The van der Waals surface area contributed by atoms with E-state index in [2.05, 4.69) is 15.9 Å². The van der Waals surface area contributed by atoms with Gasteiger partial charge in [-0.15, -0.1) is 0 Å². The van der Waals surface area contributed by atoms with Gasteiger partial charge in [0.15, 0.2) is 5.75 Å². The highest BCUT2D eigenvalue weighted by Gasteiger charge is 2.19. The SMILES string of the molecule is COc1c(-c2ccc(Br)cc2)c2ccccc2n(Cc2ccc(F)cc2)c1=O. The number of fused-ring (bicyclic) bond motifs is 1. The van der Waals surface area contributed by atoms with E-state index in [1.807, 2.05) is 48.5 Å². The molecule has 1 heterocycles. The Hall–Kier alpha value is -2.92. The van der Waals surface area contributed by atoms with Gasteiger partial charge in [0.1, 0.15) is 5.82 Å². The van der Waals surface area contributed by atoms with E-state index >= 15 is 0 Å². The fourth-order valence-electron chi connectivity index (χ4n) is 3.40. The number of rotatable bonds is 4. The van der Waals surface area contributed by atoms with E-state index in [-0.39, 0.29) is 11.4 Å². The van der Waals surface area contributed by atoms with Gasteiger partial charge in [-0.3, -0.25) is 4.79 Å². The third-order valence-electron chi connectivity index (χ3n) is 4.72. The van der Waals surface area contributed by atoms with Crippen LogP contribution in [0.5, 0.6) is 5.75 Å². The Balaban J connectivity index is 1.99. The predicted molar refractivity (Wildman–Crippen MR) is 113 cm³/mol. The Kier molecular flexibility index (Phi) is 5.01. The fraction of sp³-hybridized carbons (Fsp3) is 0.0870. The normalized spacial score (nSPS) is 11.0. The molecule has 1 aromatic heterocycles. The fourth-order valence-corrected chi connectivity index (χ4v) is 3.67. The van der Waals surface area contributed by atoms with Crippen molar-refractivity contribution in [3.8, 4) is 16.9 Å². The number of aromatic nitrogens is 1. The van der Waals surface area contributed by atoms with E-state index in [1.165, 1.54) is 19.2 Å². The lowest BCUT2D eigenvalue weighted by Gasteiger charge is -2.17. The molecule has 140 valence electrons. The average molecular weight is 438 g/mol. The highest BCUT2D eigenvalue weighted by atomic mass is 79.9. The first kappa shape index (κ1) is 18.4. The van der Waals surface area contributed by atoms with Crippen LogP contribution in [-0.2, 0) is 6.54 Å². The number of para-hydroxylation sites is 1. The topological polar surface area (TPSA) is 31.2 Å². The van der Waals surface area contributed by atoms with Crippen LogP contribution in [0.1, 0.15) is 5.56 Å². The van der Waals surface area contributed by atoms with E-state index in [4.69, 9.17) is 4.74 Å². The number of methoxy groups -OCH3 is 1. The Morgan fingerprint density at radius 1 is 0.964 bits per heavy atom. The second-order valence-electron chi connectivity index (χ2n) is 6.45. The van der Waals surface area contributed by atoms with Gasteiger partial charge in [-0.05, 0) is 41.5 Å². The smallest absolute Gasteiger partial charge is 0.294 e. The number of benzene rings is 3. The summed E-state index contributed by atoms with van der Waals surface area (Å²) in [5.41, 5.74) is 3.10. The minimum absolute atomic E-state index is 0.219.